The minimum absolute atomic E-state index is 0.0353. The zero-order chi connectivity index (χ0) is 26.1. The maximum Gasteiger partial charge on any atom is 0.414 e. The van der Waals surface area contributed by atoms with Crippen molar-refractivity contribution in [2.24, 2.45) is 0 Å². The molecule has 3 rings (SSSR count). The highest BCUT2D eigenvalue weighted by molar-refractivity contribution is 5.75. The van der Waals surface area contributed by atoms with Crippen molar-refractivity contribution in [2.45, 2.75) is 31.3 Å². The number of amides is 3. The Morgan fingerprint density at radius 2 is 1.94 bits per heavy atom. The van der Waals surface area contributed by atoms with Gasteiger partial charge >= 0.3 is 24.3 Å². The van der Waals surface area contributed by atoms with Gasteiger partial charge in [0, 0.05) is 32.4 Å². The second-order valence-electron chi connectivity index (χ2n) is 8.05. The van der Waals surface area contributed by atoms with Crippen LogP contribution >= 0.6 is 0 Å². The molecule has 2 aliphatic heterocycles. The zero-order valence-corrected chi connectivity index (χ0v) is 19.6. The molecular formula is C23H28F3N5O5. The number of rotatable bonds is 7. The number of hydrogen-bond donors (Lipinski definition) is 3. The normalized spacial score (nSPS) is 19.8. The van der Waals surface area contributed by atoms with E-state index in [4.69, 9.17) is 4.74 Å². The van der Waals surface area contributed by atoms with Crippen molar-refractivity contribution in [3.05, 3.63) is 59.8 Å². The third kappa shape index (κ3) is 7.38. The highest BCUT2D eigenvalue weighted by Crippen LogP contribution is 2.34. The van der Waals surface area contributed by atoms with Gasteiger partial charge in [0.05, 0.1) is 31.2 Å². The Kier molecular flexibility index (Phi) is 9.17. The molecule has 2 aliphatic rings. The van der Waals surface area contributed by atoms with Crippen LogP contribution in [0.2, 0.25) is 0 Å². The molecule has 10 nitrogen and oxygen atoms in total. The van der Waals surface area contributed by atoms with E-state index >= 15 is 0 Å². The summed E-state index contributed by atoms with van der Waals surface area (Å²) in [7, 11) is 1.20. The second kappa shape index (κ2) is 12.3. The molecule has 1 aromatic rings. The molecule has 196 valence electrons. The van der Waals surface area contributed by atoms with E-state index in [9.17, 15) is 27.6 Å². The maximum absolute atomic E-state index is 13.9. The van der Waals surface area contributed by atoms with Crippen LogP contribution in [0.4, 0.5) is 22.8 Å². The van der Waals surface area contributed by atoms with Crippen LogP contribution in [0.15, 0.2) is 54.3 Å². The maximum atomic E-state index is 13.9. The molecule has 2 unspecified atom stereocenters. The van der Waals surface area contributed by atoms with E-state index < -0.39 is 41.9 Å². The molecule has 3 N–H and O–H groups in total. The summed E-state index contributed by atoms with van der Waals surface area (Å²) in [6.45, 7) is 0.371. The van der Waals surface area contributed by atoms with Gasteiger partial charge < -0.3 is 25.0 Å². The molecule has 36 heavy (non-hydrogen) atoms. The molecule has 0 bridgehead atoms. The SMILES string of the molecule is COC(=O)CCNC(=O)NN1C=CC=C(C(F)(F)F)C1C1CN(C(=O)OCc2ccccc2)CCN1. The Balaban J connectivity index is 1.68. The van der Waals surface area contributed by atoms with E-state index in [-0.39, 0.29) is 39.2 Å². The van der Waals surface area contributed by atoms with E-state index in [0.29, 0.717) is 0 Å². The lowest BCUT2D eigenvalue weighted by atomic mass is 9.94. The predicted molar refractivity (Wildman–Crippen MR) is 122 cm³/mol. The lowest BCUT2D eigenvalue weighted by Gasteiger charge is -2.43. The monoisotopic (exact) mass is 511 g/mol. The molecule has 0 aromatic heterocycles. The van der Waals surface area contributed by atoms with Gasteiger partial charge in [0.25, 0.3) is 0 Å². The highest BCUT2D eigenvalue weighted by Gasteiger charge is 2.46. The van der Waals surface area contributed by atoms with Crippen molar-refractivity contribution in [1.29, 1.82) is 0 Å². The first kappa shape index (κ1) is 26.9. The molecule has 3 amide bonds. The lowest BCUT2D eigenvalue weighted by molar-refractivity contribution is -0.140. The lowest BCUT2D eigenvalue weighted by Crippen LogP contribution is -2.64. The number of methoxy groups -OCH3 is 1. The van der Waals surface area contributed by atoms with E-state index in [1.54, 1.807) is 24.3 Å². The average Bonchev–Trinajstić information content (AvgIpc) is 2.87. The van der Waals surface area contributed by atoms with Gasteiger partial charge in [-0.05, 0) is 11.6 Å². The van der Waals surface area contributed by atoms with Gasteiger partial charge in [0.2, 0.25) is 0 Å². The summed E-state index contributed by atoms with van der Waals surface area (Å²) in [6.07, 6.45) is -2.02. The zero-order valence-electron chi connectivity index (χ0n) is 19.6. The Hall–Kier alpha value is -3.74. The number of halogens is 3. The summed E-state index contributed by atoms with van der Waals surface area (Å²) in [5, 5.41) is 6.45. The molecule has 1 aromatic carbocycles. The van der Waals surface area contributed by atoms with Crippen LogP contribution in [0.3, 0.4) is 0 Å². The van der Waals surface area contributed by atoms with Gasteiger partial charge in [-0.2, -0.15) is 13.2 Å². The summed E-state index contributed by atoms with van der Waals surface area (Å²) < 4.78 is 51.6. The first-order valence-electron chi connectivity index (χ1n) is 11.2. The average molecular weight is 512 g/mol. The van der Waals surface area contributed by atoms with Crippen molar-refractivity contribution < 1.29 is 37.0 Å². The van der Waals surface area contributed by atoms with Gasteiger partial charge in [-0.15, -0.1) is 0 Å². The number of hydrogen-bond acceptors (Lipinski definition) is 7. The van der Waals surface area contributed by atoms with E-state index in [0.717, 1.165) is 16.6 Å². The number of alkyl halides is 3. The summed E-state index contributed by atoms with van der Waals surface area (Å²) in [5.41, 5.74) is 2.27. The second-order valence-corrected chi connectivity index (χ2v) is 8.05. The Morgan fingerprint density at radius 3 is 2.64 bits per heavy atom. The Bertz CT molecular complexity index is 986. The van der Waals surface area contributed by atoms with Crippen LogP contribution in [0.25, 0.3) is 0 Å². The Labute approximate surface area is 206 Å². The molecule has 2 heterocycles. The number of esters is 1. The minimum Gasteiger partial charge on any atom is -0.469 e. The van der Waals surface area contributed by atoms with Crippen molar-refractivity contribution >= 4 is 18.1 Å². The first-order chi connectivity index (χ1) is 17.2. The fourth-order valence-electron chi connectivity index (χ4n) is 3.86. The van der Waals surface area contributed by atoms with Crippen molar-refractivity contribution in [1.82, 2.24) is 26.0 Å². The standard InChI is InChI=1S/C23H28F3N5O5/c1-35-19(32)9-10-28-21(33)29-31-12-5-8-17(23(24,25)26)20(31)18-14-30(13-11-27-18)22(34)36-15-16-6-3-2-4-7-16/h2-8,12,18,20,27H,9-11,13-15H2,1H3,(H2,28,29,33). The molecule has 0 saturated carbocycles. The molecule has 1 fully saturated rings. The topological polar surface area (TPSA) is 112 Å². The molecule has 0 aliphatic carbocycles. The van der Waals surface area contributed by atoms with E-state index in [1.165, 1.54) is 24.3 Å². The van der Waals surface area contributed by atoms with Crippen molar-refractivity contribution in [3.8, 4) is 0 Å². The summed E-state index contributed by atoms with van der Waals surface area (Å²) in [5.74, 6) is -0.543. The number of nitrogens with one attached hydrogen (secondary N) is 3. The fourth-order valence-corrected chi connectivity index (χ4v) is 3.86. The number of urea groups is 1. The van der Waals surface area contributed by atoms with Crippen LogP contribution in [0.5, 0.6) is 0 Å². The third-order valence-corrected chi connectivity index (χ3v) is 5.59. The molecule has 0 radical (unpaired) electrons. The molecule has 13 heteroatoms. The van der Waals surface area contributed by atoms with Crippen LogP contribution in [0.1, 0.15) is 12.0 Å². The number of carbonyl (C=O) groups is 3. The largest absolute Gasteiger partial charge is 0.469 e. The highest BCUT2D eigenvalue weighted by atomic mass is 19.4. The van der Waals surface area contributed by atoms with Gasteiger partial charge in [0.15, 0.2) is 0 Å². The van der Waals surface area contributed by atoms with E-state index in [1.807, 2.05) is 6.07 Å². The summed E-state index contributed by atoms with van der Waals surface area (Å²) in [6, 6.07) is 5.98. The van der Waals surface area contributed by atoms with Crippen LogP contribution in [-0.2, 0) is 20.9 Å². The van der Waals surface area contributed by atoms with Gasteiger partial charge in [0.1, 0.15) is 6.61 Å². The predicted octanol–water partition coefficient (Wildman–Crippen LogP) is 2.06. The van der Waals surface area contributed by atoms with Crippen LogP contribution in [0, 0.1) is 0 Å². The van der Waals surface area contributed by atoms with Gasteiger partial charge in [-0.1, -0.05) is 36.4 Å². The number of piperazine rings is 1. The first-order valence-corrected chi connectivity index (χ1v) is 11.2. The number of allylic oxidation sites excluding steroid dienone is 2. The number of nitrogens with zero attached hydrogens (tertiary/aromatic N) is 2. The molecule has 1 saturated heterocycles. The summed E-state index contributed by atoms with van der Waals surface area (Å²) in [4.78, 5) is 37.5. The van der Waals surface area contributed by atoms with Gasteiger partial charge in [-0.3, -0.25) is 9.80 Å². The number of ether oxygens (including phenoxy) is 2. The number of hydrazine groups is 1. The molecular weight excluding hydrogens is 483 g/mol. The van der Waals surface area contributed by atoms with Crippen molar-refractivity contribution in [3.63, 3.8) is 0 Å². The van der Waals surface area contributed by atoms with Gasteiger partial charge in [-0.25, -0.2) is 15.0 Å². The third-order valence-electron chi connectivity index (χ3n) is 5.59. The number of benzene rings is 1. The minimum atomic E-state index is -4.69. The Morgan fingerprint density at radius 1 is 1.19 bits per heavy atom. The number of carbonyl (C=O) groups excluding carboxylic acids is 3. The smallest absolute Gasteiger partial charge is 0.414 e. The van der Waals surface area contributed by atoms with Crippen LogP contribution in [-0.4, -0.2) is 79.6 Å². The summed E-state index contributed by atoms with van der Waals surface area (Å²) >= 11 is 0. The fraction of sp³-hybridized carbons (Fsp3) is 0.435. The quantitative estimate of drug-likeness (QED) is 0.481. The molecule has 0 spiro atoms. The molecule has 2 atom stereocenters. The van der Waals surface area contributed by atoms with Crippen molar-refractivity contribution in [2.75, 3.05) is 33.3 Å². The van der Waals surface area contributed by atoms with E-state index in [2.05, 4.69) is 20.8 Å². The van der Waals surface area contributed by atoms with Crippen LogP contribution < -0.4 is 16.1 Å².